The Hall–Kier alpha value is 0.270. The largest absolute Gasteiger partial charge is 0.381 e. The average Bonchev–Trinajstić information content (AvgIpc) is 2.77. The summed E-state index contributed by atoms with van der Waals surface area (Å²) in [5.41, 5.74) is 0. The molecule has 0 aromatic carbocycles. The zero-order valence-electron chi connectivity index (χ0n) is 10.1. The highest BCUT2D eigenvalue weighted by Crippen LogP contribution is 2.20. The number of hydrogen-bond acceptors (Lipinski definition) is 3. The van der Waals surface area contributed by atoms with E-state index in [0.717, 1.165) is 19.1 Å². The summed E-state index contributed by atoms with van der Waals surface area (Å²) in [6.45, 7) is 4.18. The Morgan fingerprint density at radius 2 is 2.33 bits per heavy atom. The van der Waals surface area contributed by atoms with Gasteiger partial charge in [-0.05, 0) is 25.6 Å². The van der Waals surface area contributed by atoms with Gasteiger partial charge in [-0.3, -0.25) is 0 Å². The number of hydrogen-bond donors (Lipinski definition) is 1. The van der Waals surface area contributed by atoms with E-state index in [1.54, 1.807) is 0 Å². The average molecular weight is 231 g/mol. The molecule has 2 nitrogen and oxygen atoms in total. The highest BCUT2D eigenvalue weighted by atomic mass is 32.2. The Bertz CT molecular complexity index is 149. The molecule has 0 spiro atoms. The second-order valence-corrected chi connectivity index (χ2v) is 5.45. The Morgan fingerprint density at radius 1 is 1.47 bits per heavy atom. The first kappa shape index (κ1) is 13.3. The molecule has 15 heavy (non-hydrogen) atoms. The molecule has 1 aliphatic heterocycles. The highest BCUT2D eigenvalue weighted by molar-refractivity contribution is 7.99. The monoisotopic (exact) mass is 231 g/mol. The predicted molar refractivity (Wildman–Crippen MR) is 68.6 cm³/mol. The number of nitrogens with one attached hydrogen (secondary N) is 1. The van der Waals surface area contributed by atoms with Crippen molar-refractivity contribution in [2.45, 2.75) is 38.6 Å². The van der Waals surface area contributed by atoms with Gasteiger partial charge in [0.15, 0.2) is 0 Å². The Morgan fingerprint density at radius 3 is 2.93 bits per heavy atom. The van der Waals surface area contributed by atoms with Crippen LogP contribution in [0.1, 0.15) is 32.6 Å². The number of rotatable bonds is 8. The molecule has 0 bridgehead atoms. The topological polar surface area (TPSA) is 21.3 Å². The van der Waals surface area contributed by atoms with Crippen LogP contribution < -0.4 is 5.32 Å². The van der Waals surface area contributed by atoms with Crippen LogP contribution in [0.3, 0.4) is 0 Å². The van der Waals surface area contributed by atoms with Crippen molar-refractivity contribution in [3.8, 4) is 0 Å². The maximum atomic E-state index is 5.44. The minimum atomic E-state index is 0.652. The van der Waals surface area contributed by atoms with E-state index in [4.69, 9.17) is 4.74 Å². The lowest BCUT2D eigenvalue weighted by molar-refractivity contribution is 0.180. The van der Waals surface area contributed by atoms with Gasteiger partial charge in [-0.25, -0.2) is 0 Å². The van der Waals surface area contributed by atoms with Crippen molar-refractivity contribution in [2.75, 3.05) is 31.8 Å². The lowest BCUT2D eigenvalue weighted by atomic mass is 10.0. The first-order valence-electron chi connectivity index (χ1n) is 6.21. The minimum absolute atomic E-state index is 0.652. The molecule has 3 heteroatoms. The van der Waals surface area contributed by atoms with Crippen LogP contribution in [0.2, 0.25) is 0 Å². The predicted octanol–water partition coefficient (Wildman–Crippen LogP) is 2.53. The molecule has 1 N–H and O–H groups in total. The first-order chi connectivity index (χ1) is 7.38. The van der Waals surface area contributed by atoms with Crippen molar-refractivity contribution in [1.29, 1.82) is 0 Å². The maximum Gasteiger partial charge on any atom is 0.0510 e. The molecule has 0 aliphatic carbocycles. The summed E-state index contributed by atoms with van der Waals surface area (Å²) in [6, 6.07) is 0.652. The lowest BCUT2D eigenvalue weighted by Crippen LogP contribution is -2.36. The Labute approximate surface area is 98.5 Å². The van der Waals surface area contributed by atoms with Crippen LogP contribution in [0.15, 0.2) is 0 Å². The number of unbranched alkanes of at least 4 members (excludes halogenated alkanes) is 2. The van der Waals surface area contributed by atoms with Gasteiger partial charge in [-0.1, -0.05) is 19.8 Å². The molecule has 2 atom stereocenters. The number of thioether (sulfide) groups is 1. The van der Waals surface area contributed by atoms with Crippen LogP contribution >= 0.6 is 11.8 Å². The molecule has 0 radical (unpaired) electrons. The van der Waals surface area contributed by atoms with Crippen LogP contribution in [0.25, 0.3) is 0 Å². The van der Waals surface area contributed by atoms with Gasteiger partial charge in [0, 0.05) is 24.3 Å². The van der Waals surface area contributed by atoms with Crippen molar-refractivity contribution >= 4 is 11.8 Å². The molecule has 0 saturated carbocycles. The van der Waals surface area contributed by atoms with Gasteiger partial charge in [0.05, 0.1) is 6.61 Å². The maximum absolute atomic E-state index is 5.44. The molecule has 1 heterocycles. The summed E-state index contributed by atoms with van der Waals surface area (Å²) in [5.74, 6) is 3.31. The van der Waals surface area contributed by atoms with E-state index in [2.05, 4.69) is 31.1 Å². The van der Waals surface area contributed by atoms with E-state index in [-0.39, 0.29) is 0 Å². The summed E-state index contributed by atoms with van der Waals surface area (Å²) in [6.07, 6.45) is 5.32. The Kier molecular flexibility index (Phi) is 7.49. The summed E-state index contributed by atoms with van der Waals surface area (Å²) >= 11 is 2.09. The van der Waals surface area contributed by atoms with E-state index in [9.17, 15) is 0 Å². The van der Waals surface area contributed by atoms with Crippen molar-refractivity contribution < 1.29 is 4.74 Å². The third-order valence-electron chi connectivity index (χ3n) is 3.09. The molecular weight excluding hydrogens is 206 g/mol. The summed E-state index contributed by atoms with van der Waals surface area (Å²) < 4.78 is 5.44. The first-order valence-corrected chi connectivity index (χ1v) is 7.36. The summed E-state index contributed by atoms with van der Waals surface area (Å²) in [5, 5.41) is 3.43. The quantitative estimate of drug-likeness (QED) is 0.649. The van der Waals surface area contributed by atoms with Crippen LogP contribution in [-0.2, 0) is 4.74 Å². The Balaban J connectivity index is 2.05. The van der Waals surface area contributed by atoms with Gasteiger partial charge in [0.2, 0.25) is 0 Å². The van der Waals surface area contributed by atoms with Gasteiger partial charge in [0.1, 0.15) is 0 Å². The molecular formula is C12H25NOS. The molecule has 1 saturated heterocycles. The van der Waals surface area contributed by atoms with E-state index in [0.29, 0.717) is 6.04 Å². The standard InChI is InChI=1S/C12H25NOS/c1-3-4-5-8-15-10-12(13-2)11-6-7-14-9-11/h11-13H,3-10H2,1-2H3. The van der Waals surface area contributed by atoms with Gasteiger partial charge in [-0.15, -0.1) is 0 Å². The van der Waals surface area contributed by atoms with E-state index in [1.165, 1.54) is 37.2 Å². The second kappa shape index (κ2) is 8.43. The summed E-state index contributed by atoms with van der Waals surface area (Å²) in [4.78, 5) is 0. The third-order valence-corrected chi connectivity index (χ3v) is 4.27. The zero-order chi connectivity index (χ0) is 10.9. The van der Waals surface area contributed by atoms with Crippen molar-refractivity contribution in [1.82, 2.24) is 5.32 Å². The third kappa shape index (κ3) is 5.23. The van der Waals surface area contributed by atoms with Crippen molar-refractivity contribution in [3.63, 3.8) is 0 Å². The molecule has 90 valence electrons. The molecule has 1 rings (SSSR count). The fourth-order valence-corrected chi connectivity index (χ4v) is 3.26. The molecule has 2 unspecified atom stereocenters. The molecule has 1 aliphatic rings. The van der Waals surface area contributed by atoms with Gasteiger partial charge in [0.25, 0.3) is 0 Å². The second-order valence-electron chi connectivity index (χ2n) is 4.30. The molecule has 1 fully saturated rings. The van der Waals surface area contributed by atoms with E-state index in [1.807, 2.05) is 0 Å². The van der Waals surface area contributed by atoms with Crippen molar-refractivity contribution in [3.05, 3.63) is 0 Å². The van der Waals surface area contributed by atoms with Crippen molar-refractivity contribution in [2.24, 2.45) is 5.92 Å². The summed E-state index contributed by atoms with van der Waals surface area (Å²) in [7, 11) is 2.08. The van der Waals surface area contributed by atoms with Crippen LogP contribution in [0, 0.1) is 5.92 Å². The smallest absolute Gasteiger partial charge is 0.0510 e. The fourth-order valence-electron chi connectivity index (χ4n) is 1.99. The highest BCUT2D eigenvalue weighted by Gasteiger charge is 2.23. The van der Waals surface area contributed by atoms with E-state index < -0.39 is 0 Å². The van der Waals surface area contributed by atoms with Crippen LogP contribution in [-0.4, -0.2) is 37.8 Å². The van der Waals surface area contributed by atoms with E-state index >= 15 is 0 Å². The zero-order valence-corrected chi connectivity index (χ0v) is 10.9. The molecule has 0 aromatic rings. The van der Waals surface area contributed by atoms with Crippen LogP contribution in [0.4, 0.5) is 0 Å². The van der Waals surface area contributed by atoms with Gasteiger partial charge < -0.3 is 10.1 Å². The minimum Gasteiger partial charge on any atom is -0.381 e. The molecule has 0 aromatic heterocycles. The SMILES string of the molecule is CCCCCSCC(NC)C1CCOC1. The van der Waals surface area contributed by atoms with Gasteiger partial charge >= 0.3 is 0 Å². The normalized spacial score (nSPS) is 23.2. The fraction of sp³-hybridized carbons (Fsp3) is 1.00. The number of ether oxygens (including phenoxy) is 1. The molecule has 0 amide bonds. The van der Waals surface area contributed by atoms with Crippen LogP contribution in [0.5, 0.6) is 0 Å². The lowest BCUT2D eigenvalue weighted by Gasteiger charge is -2.21. The van der Waals surface area contributed by atoms with Gasteiger partial charge in [-0.2, -0.15) is 11.8 Å².